The van der Waals surface area contributed by atoms with Crippen molar-refractivity contribution in [1.82, 2.24) is 5.32 Å². The van der Waals surface area contributed by atoms with Gasteiger partial charge in [-0.05, 0) is 37.7 Å². The summed E-state index contributed by atoms with van der Waals surface area (Å²) in [5.74, 6) is 1.68. The molecule has 1 N–H and O–H groups in total. The summed E-state index contributed by atoms with van der Waals surface area (Å²) in [4.78, 5) is 0. The highest BCUT2D eigenvalue weighted by Gasteiger charge is 2.25. The highest BCUT2D eigenvalue weighted by atomic mass is 16.5. The van der Waals surface area contributed by atoms with Crippen LogP contribution in [0.5, 0.6) is 11.5 Å². The van der Waals surface area contributed by atoms with Crippen molar-refractivity contribution in [3.05, 3.63) is 24.3 Å². The lowest BCUT2D eigenvalue weighted by Crippen LogP contribution is -2.48. The lowest BCUT2D eigenvalue weighted by Gasteiger charge is -2.31. The van der Waals surface area contributed by atoms with Crippen molar-refractivity contribution < 1.29 is 14.2 Å². The van der Waals surface area contributed by atoms with Crippen LogP contribution in [0.15, 0.2) is 24.3 Å². The van der Waals surface area contributed by atoms with Crippen molar-refractivity contribution >= 4 is 0 Å². The highest BCUT2D eigenvalue weighted by molar-refractivity contribution is 5.31. The van der Waals surface area contributed by atoms with Crippen LogP contribution < -0.4 is 14.8 Å². The summed E-state index contributed by atoms with van der Waals surface area (Å²) in [6.07, 6.45) is 1.05. The molecule has 0 aromatic heterocycles. The molecule has 1 heterocycles. The molecule has 1 fully saturated rings. The van der Waals surface area contributed by atoms with Crippen LogP contribution in [0, 0.1) is 0 Å². The maximum atomic E-state index is 5.92. The van der Waals surface area contributed by atoms with Gasteiger partial charge in [0.05, 0.1) is 13.7 Å². The molecule has 0 aliphatic carbocycles. The second-order valence-electron chi connectivity index (χ2n) is 4.09. The van der Waals surface area contributed by atoms with Crippen LogP contribution in [0.25, 0.3) is 0 Å². The van der Waals surface area contributed by atoms with E-state index in [9.17, 15) is 0 Å². The Morgan fingerprint density at radius 3 is 2.59 bits per heavy atom. The van der Waals surface area contributed by atoms with Gasteiger partial charge in [0.25, 0.3) is 0 Å². The first-order valence-corrected chi connectivity index (χ1v) is 5.89. The Bertz CT molecular complexity index is 339. The van der Waals surface area contributed by atoms with Crippen molar-refractivity contribution in [2.75, 3.05) is 27.4 Å². The van der Waals surface area contributed by atoms with Crippen molar-refractivity contribution in [3.8, 4) is 11.5 Å². The Hall–Kier alpha value is -1.26. The zero-order valence-corrected chi connectivity index (χ0v) is 10.3. The number of nitrogens with one attached hydrogen (secondary N) is 1. The molecule has 0 radical (unpaired) electrons. The first-order valence-electron chi connectivity index (χ1n) is 5.89. The molecule has 2 rings (SSSR count). The normalized spacial score (nSPS) is 24.4. The lowest BCUT2D eigenvalue weighted by atomic mass is 10.1. The molecule has 1 saturated heterocycles. The molecule has 94 valence electrons. The summed E-state index contributed by atoms with van der Waals surface area (Å²) in [6, 6.07) is 7.98. The lowest BCUT2D eigenvalue weighted by molar-refractivity contribution is -0.0129. The number of hydrogen-bond donors (Lipinski definition) is 1. The molecule has 0 spiro atoms. The van der Waals surface area contributed by atoms with Crippen molar-refractivity contribution in [1.29, 1.82) is 0 Å². The number of rotatable bonds is 4. The largest absolute Gasteiger partial charge is 0.497 e. The van der Waals surface area contributed by atoms with E-state index in [0.29, 0.717) is 12.6 Å². The standard InChI is InChI=1S/C13H19NO3/c1-14-12-7-8-16-9-13(12)17-11-5-3-10(15-2)4-6-11/h3-6,12-14H,7-9H2,1-2H3. The minimum atomic E-state index is 0.0714. The third-order valence-corrected chi connectivity index (χ3v) is 3.02. The van der Waals surface area contributed by atoms with Crippen LogP contribution in [-0.2, 0) is 4.74 Å². The van der Waals surface area contributed by atoms with Crippen LogP contribution >= 0.6 is 0 Å². The van der Waals surface area contributed by atoms with E-state index in [1.54, 1.807) is 7.11 Å². The van der Waals surface area contributed by atoms with Gasteiger partial charge >= 0.3 is 0 Å². The maximum Gasteiger partial charge on any atom is 0.137 e. The van der Waals surface area contributed by atoms with Crippen LogP contribution in [-0.4, -0.2) is 39.5 Å². The van der Waals surface area contributed by atoms with E-state index < -0.39 is 0 Å². The van der Waals surface area contributed by atoms with E-state index in [1.807, 2.05) is 31.3 Å². The summed E-state index contributed by atoms with van der Waals surface area (Å²) >= 11 is 0. The zero-order chi connectivity index (χ0) is 12.1. The van der Waals surface area contributed by atoms with Crippen LogP contribution in [0.2, 0.25) is 0 Å². The van der Waals surface area contributed by atoms with Crippen molar-refractivity contribution in [2.45, 2.75) is 18.6 Å². The molecule has 0 amide bonds. The number of ether oxygens (including phenoxy) is 3. The number of benzene rings is 1. The number of likely N-dealkylation sites (N-methyl/N-ethyl adjacent to an activating group) is 1. The van der Waals surface area contributed by atoms with Gasteiger partial charge in [-0.2, -0.15) is 0 Å². The summed E-state index contributed by atoms with van der Waals surface area (Å²) in [7, 11) is 3.61. The zero-order valence-electron chi connectivity index (χ0n) is 10.3. The quantitative estimate of drug-likeness (QED) is 0.860. The van der Waals surface area contributed by atoms with Crippen LogP contribution in [0.4, 0.5) is 0 Å². The summed E-state index contributed by atoms with van der Waals surface area (Å²) in [5.41, 5.74) is 0. The van der Waals surface area contributed by atoms with Gasteiger partial charge in [0.1, 0.15) is 17.6 Å². The molecule has 4 nitrogen and oxygen atoms in total. The Kier molecular flexibility index (Phi) is 4.23. The highest BCUT2D eigenvalue weighted by Crippen LogP contribution is 2.20. The van der Waals surface area contributed by atoms with Crippen molar-refractivity contribution in [2.24, 2.45) is 0 Å². The van der Waals surface area contributed by atoms with Gasteiger partial charge in [0.15, 0.2) is 0 Å². The molecular formula is C13H19NO3. The molecule has 17 heavy (non-hydrogen) atoms. The van der Waals surface area contributed by atoms with E-state index in [0.717, 1.165) is 24.5 Å². The average Bonchev–Trinajstić information content (AvgIpc) is 2.40. The van der Waals surface area contributed by atoms with Gasteiger partial charge < -0.3 is 19.5 Å². The average molecular weight is 237 g/mol. The monoisotopic (exact) mass is 237 g/mol. The minimum Gasteiger partial charge on any atom is -0.497 e. The molecule has 0 bridgehead atoms. The summed E-state index contributed by atoms with van der Waals surface area (Å²) in [5, 5.41) is 3.27. The van der Waals surface area contributed by atoms with E-state index >= 15 is 0 Å². The summed E-state index contributed by atoms with van der Waals surface area (Å²) < 4.78 is 16.5. The van der Waals surface area contributed by atoms with Crippen LogP contribution in [0.3, 0.4) is 0 Å². The fourth-order valence-corrected chi connectivity index (χ4v) is 1.99. The van der Waals surface area contributed by atoms with Gasteiger partial charge in [-0.3, -0.25) is 0 Å². The molecule has 1 aromatic rings. The van der Waals surface area contributed by atoms with Gasteiger partial charge in [-0.25, -0.2) is 0 Å². The van der Waals surface area contributed by atoms with Gasteiger partial charge in [-0.1, -0.05) is 0 Å². The number of methoxy groups -OCH3 is 1. The summed E-state index contributed by atoms with van der Waals surface area (Å²) in [6.45, 7) is 1.44. The Labute approximate surface area is 102 Å². The fraction of sp³-hybridized carbons (Fsp3) is 0.538. The SMILES string of the molecule is CNC1CCOCC1Oc1ccc(OC)cc1. The number of hydrogen-bond acceptors (Lipinski definition) is 4. The van der Waals surface area contributed by atoms with E-state index in [1.165, 1.54) is 0 Å². The Balaban J connectivity index is 1.98. The third kappa shape index (κ3) is 3.11. The van der Waals surface area contributed by atoms with E-state index in [2.05, 4.69) is 5.32 Å². The predicted octanol–water partition coefficient (Wildman–Crippen LogP) is 1.45. The topological polar surface area (TPSA) is 39.7 Å². The smallest absolute Gasteiger partial charge is 0.137 e. The van der Waals surface area contributed by atoms with Gasteiger partial charge in [0.2, 0.25) is 0 Å². The molecule has 2 atom stereocenters. The van der Waals surface area contributed by atoms with E-state index in [-0.39, 0.29) is 6.10 Å². The van der Waals surface area contributed by atoms with Crippen molar-refractivity contribution in [3.63, 3.8) is 0 Å². The molecular weight excluding hydrogens is 218 g/mol. The predicted molar refractivity (Wildman–Crippen MR) is 65.7 cm³/mol. The molecule has 1 aliphatic rings. The first-order chi connectivity index (χ1) is 8.33. The first kappa shape index (κ1) is 12.2. The maximum absolute atomic E-state index is 5.92. The Morgan fingerprint density at radius 1 is 1.24 bits per heavy atom. The van der Waals surface area contributed by atoms with Crippen LogP contribution in [0.1, 0.15) is 6.42 Å². The molecule has 1 aliphatic heterocycles. The second-order valence-corrected chi connectivity index (χ2v) is 4.09. The van der Waals surface area contributed by atoms with Gasteiger partial charge in [0, 0.05) is 12.6 Å². The molecule has 0 saturated carbocycles. The van der Waals surface area contributed by atoms with E-state index in [4.69, 9.17) is 14.2 Å². The third-order valence-electron chi connectivity index (χ3n) is 3.02. The fourth-order valence-electron chi connectivity index (χ4n) is 1.99. The van der Waals surface area contributed by atoms with Gasteiger partial charge in [-0.15, -0.1) is 0 Å². The second kappa shape index (κ2) is 5.89. The minimum absolute atomic E-state index is 0.0714. The molecule has 4 heteroatoms. The molecule has 1 aromatic carbocycles. The molecule has 2 unspecified atom stereocenters. The Morgan fingerprint density at radius 2 is 1.94 bits per heavy atom.